The normalized spacial score (nSPS) is 20.4. The quantitative estimate of drug-likeness (QED) is 0.645. The van der Waals surface area contributed by atoms with Gasteiger partial charge in [0.1, 0.15) is 0 Å². The third kappa shape index (κ3) is 4.67. The number of carbonyl (C=O) groups is 1. The molecule has 0 unspecified atom stereocenters. The van der Waals surface area contributed by atoms with Crippen LogP contribution in [0, 0.1) is 5.92 Å². The van der Waals surface area contributed by atoms with Crippen molar-refractivity contribution in [3.63, 3.8) is 0 Å². The van der Waals surface area contributed by atoms with E-state index in [1.54, 1.807) is 0 Å². The molecule has 2 aromatic heterocycles. The first-order valence-corrected chi connectivity index (χ1v) is 12.7. The largest absolute Gasteiger partial charge is 0.379 e. The van der Waals surface area contributed by atoms with Crippen molar-refractivity contribution in [3.8, 4) is 0 Å². The van der Waals surface area contributed by atoms with Gasteiger partial charge in [-0.3, -0.25) is 14.5 Å². The van der Waals surface area contributed by atoms with Crippen LogP contribution in [0.4, 0.5) is 5.13 Å². The predicted molar refractivity (Wildman–Crippen MR) is 124 cm³/mol. The van der Waals surface area contributed by atoms with Gasteiger partial charge in [-0.2, -0.15) is 4.52 Å². The number of aryl methyl sites for hydroxylation is 1. The zero-order valence-corrected chi connectivity index (χ0v) is 19.4. The van der Waals surface area contributed by atoms with E-state index in [2.05, 4.69) is 20.2 Å². The van der Waals surface area contributed by atoms with E-state index in [4.69, 9.17) is 9.72 Å². The van der Waals surface area contributed by atoms with E-state index in [0.717, 1.165) is 114 Å². The van der Waals surface area contributed by atoms with Crippen LogP contribution in [0.25, 0.3) is 4.96 Å². The van der Waals surface area contributed by atoms with Gasteiger partial charge in [-0.1, -0.05) is 11.3 Å². The fraction of sp³-hybridized carbons (Fsp3) is 0.727. The van der Waals surface area contributed by atoms with Gasteiger partial charge >= 0.3 is 0 Å². The molecule has 0 bridgehead atoms. The number of rotatable bonds is 6. The molecular weight excluding hydrogens is 428 g/mol. The van der Waals surface area contributed by atoms with E-state index in [1.807, 2.05) is 0 Å². The third-order valence-electron chi connectivity index (χ3n) is 6.86. The summed E-state index contributed by atoms with van der Waals surface area (Å²) in [4.78, 5) is 35.4. The van der Waals surface area contributed by atoms with Crippen molar-refractivity contribution in [2.75, 3.05) is 57.4 Å². The Kier molecular flexibility index (Phi) is 6.70. The van der Waals surface area contributed by atoms with Crippen molar-refractivity contribution in [2.45, 2.75) is 44.9 Å². The lowest BCUT2D eigenvalue weighted by atomic mass is 9.96. The molecule has 1 amide bonds. The Morgan fingerprint density at radius 2 is 1.91 bits per heavy atom. The minimum atomic E-state index is -0.00135. The molecule has 1 aliphatic carbocycles. The Morgan fingerprint density at radius 3 is 2.72 bits per heavy atom. The van der Waals surface area contributed by atoms with Crippen LogP contribution in [0.1, 0.15) is 43.4 Å². The third-order valence-corrected chi connectivity index (χ3v) is 7.83. The number of hydrogen-bond acceptors (Lipinski definition) is 8. The Morgan fingerprint density at radius 1 is 1.12 bits per heavy atom. The topological polar surface area (TPSA) is 92.1 Å². The Balaban J connectivity index is 1.12. The summed E-state index contributed by atoms with van der Waals surface area (Å²) in [5, 5.41) is 8.55. The second-order valence-corrected chi connectivity index (χ2v) is 9.92. The zero-order chi connectivity index (χ0) is 21.9. The molecule has 0 aromatic carbocycles. The van der Waals surface area contributed by atoms with Gasteiger partial charge in [-0.15, -0.1) is 5.10 Å². The highest BCUT2D eigenvalue weighted by atomic mass is 32.1. The SMILES string of the molecule is O=C(NCCCN1CCOCC1)C1CCN(c2nn3c(=O)c4c(nc3s2)CCCC4)CC1. The number of piperidine rings is 1. The summed E-state index contributed by atoms with van der Waals surface area (Å²) in [7, 11) is 0. The highest BCUT2D eigenvalue weighted by Crippen LogP contribution is 2.28. The number of fused-ring (bicyclic) bond motifs is 2. The van der Waals surface area contributed by atoms with Gasteiger partial charge in [0.05, 0.1) is 18.9 Å². The van der Waals surface area contributed by atoms with Gasteiger partial charge in [-0.05, 0) is 51.5 Å². The molecule has 9 nitrogen and oxygen atoms in total. The zero-order valence-electron chi connectivity index (χ0n) is 18.6. The molecule has 3 aliphatic rings. The lowest BCUT2D eigenvalue weighted by molar-refractivity contribution is -0.125. The molecule has 32 heavy (non-hydrogen) atoms. The van der Waals surface area contributed by atoms with Crippen molar-refractivity contribution in [2.24, 2.45) is 5.92 Å². The average molecular weight is 461 g/mol. The van der Waals surface area contributed by atoms with Crippen LogP contribution in [0.5, 0.6) is 0 Å². The molecule has 5 rings (SSSR count). The predicted octanol–water partition coefficient (Wildman–Crippen LogP) is 1.08. The number of anilines is 1. The average Bonchev–Trinajstić information content (AvgIpc) is 3.27. The van der Waals surface area contributed by atoms with Crippen LogP contribution in [-0.2, 0) is 22.4 Å². The molecule has 0 spiro atoms. The molecule has 2 saturated heterocycles. The number of ether oxygens (including phenoxy) is 1. The Bertz CT molecular complexity index is 1010. The van der Waals surface area contributed by atoms with Crippen LogP contribution < -0.4 is 15.8 Å². The molecule has 174 valence electrons. The number of carbonyl (C=O) groups excluding carboxylic acids is 1. The van der Waals surface area contributed by atoms with E-state index in [9.17, 15) is 9.59 Å². The summed E-state index contributed by atoms with van der Waals surface area (Å²) in [5.41, 5.74) is 1.80. The number of hydrogen-bond donors (Lipinski definition) is 1. The van der Waals surface area contributed by atoms with Crippen molar-refractivity contribution in [3.05, 3.63) is 21.6 Å². The van der Waals surface area contributed by atoms with Crippen LogP contribution in [0.3, 0.4) is 0 Å². The second kappa shape index (κ2) is 9.84. The number of morpholine rings is 1. The van der Waals surface area contributed by atoms with Gasteiger partial charge in [0.2, 0.25) is 16.0 Å². The molecule has 2 fully saturated rings. The minimum absolute atomic E-state index is 0.00135. The van der Waals surface area contributed by atoms with Gasteiger partial charge < -0.3 is 15.0 Å². The highest BCUT2D eigenvalue weighted by molar-refractivity contribution is 7.20. The molecule has 2 aliphatic heterocycles. The Labute approximate surface area is 191 Å². The molecule has 10 heteroatoms. The maximum Gasteiger partial charge on any atom is 0.278 e. The van der Waals surface area contributed by atoms with E-state index in [-0.39, 0.29) is 17.4 Å². The maximum absolute atomic E-state index is 12.8. The second-order valence-electron chi connectivity index (χ2n) is 8.99. The molecule has 0 radical (unpaired) electrons. The fourth-order valence-corrected chi connectivity index (χ4v) is 5.87. The molecular formula is C22H32N6O3S. The first-order chi connectivity index (χ1) is 15.7. The highest BCUT2D eigenvalue weighted by Gasteiger charge is 2.27. The molecule has 4 heterocycles. The Hall–Kier alpha value is -2.04. The first kappa shape index (κ1) is 21.8. The van der Waals surface area contributed by atoms with Crippen molar-refractivity contribution in [1.29, 1.82) is 0 Å². The van der Waals surface area contributed by atoms with Crippen molar-refractivity contribution >= 4 is 27.3 Å². The number of nitrogens with one attached hydrogen (secondary N) is 1. The minimum Gasteiger partial charge on any atom is -0.379 e. The lowest BCUT2D eigenvalue weighted by Crippen LogP contribution is -2.42. The molecule has 0 atom stereocenters. The van der Waals surface area contributed by atoms with E-state index < -0.39 is 0 Å². The van der Waals surface area contributed by atoms with Crippen LogP contribution >= 0.6 is 11.3 Å². The van der Waals surface area contributed by atoms with E-state index in [0.29, 0.717) is 4.96 Å². The van der Waals surface area contributed by atoms with Gasteiger partial charge in [0.15, 0.2) is 0 Å². The molecule has 2 aromatic rings. The number of aromatic nitrogens is 3. The molecule has 1 N–H and O–H groups in total. The summed E-state index contributed by atoms with van der Waals surface area (Å²) in [6.45, 7) is 6.90. The van der Waals surface area contributed by atoms with Gasteiger partial charge in [-0.25, -0.2) is 4.98 Å². The van der Waals surface area contributed by atoms with Gasteiger partial charge in [0, 0.05) is 44.2 Å². The first-order valence-electron chi connectivity index (χ1n) is 11.9. The summed E-state index contributed by atoms with van der Waals surface area (Å²) in [6, 6.07) is 0. The summed E-state index contributed by atoms with van der Waals surface area (Å²) in [5.74, 6) is 0.221. The summed E-state index contributed by atoms with van der Waals surface area (Å²) in [6.07, 6.45) is 6.45. The van der Waals surface area contributed by atoms with Crippen molar-refractivity contribution in [1.82, 2.24) is 24.8 Å². The van der Waals surface area contributed by atoms with E-state index in [1.165, 1.54) is 15.9 Å². The van der Waals surface area contributed by atoms with Crippen molar-refractivity contribution < 1.29 is 9.53 Å². The number of nitrogens with zero attached hydrogens (tertiary/aromatic N) is 5. The monoisotopic (exact) mass is 460 g/mol. The smallest absolute Gasteiger partial charge is 0.278 e. The maximum atomic E-state index is 12.8. The van der Waals surface area contributed by atoms with Gasteiger partial charge in [0.25, 0.3) is 5.56 Å². The summed E-state index contributed by atoms with van der Waals surface area (Å²) >= 11 is 1.48. The van der Waals surface area contributed by atoms with Crippen LogP contribution in [-0.4, -0.2) is 77.9 Å². The number of amides is 1. The van der Waals surface area contributed by atoms with Crippen LogP contribution in [0.15, 0.2) is 4.79 Å². The summed E-state index contributed by atoms with van der Waals surface area (Å²) < 4.78 is 6.85. The fourth-order valence-electron chi connectivity index (χ4n) is 4.91. The van der Waals surface area contributed by atoms with E-state index >= 15 is 0 Å². The lowest BCUT2D eigenvalue weighted by Gasteiger charge is -2.30. The standard InChI is InChI=1S/C22H32N6O3S/c29-19(23-8-3-9-26-12-14-31-15-13-26)16-6-10-27(11-7-16)22-25-28-20(30)17-4-1-2-5-18(17)24-21(28)32-22/h16H,1-15H2,(H,23,29). The van der Waals surface area contributed by atoms with Crippen LogP contribution in [0.2, 0.25) is 0 Å². The molecule has 0 saturated carbocycles.